The highest BCUT2D eigenvalue weighted by Gasteiger charge is 2.44. The van der Waals surface area contributed by atoms with E-state index in [2.05, 4.69) is 5.32 Å². The molecule has 0 unspecified atom stereocenters. The third-order valence-electron chi connectivity index (χ3n) is 3.62. The predicted molar refractivity (Wildman–Crippen MR) is 77.7 cm³/mol. The van der Waals surface area contributed by atoms with Gasteiger partial charge in [0.1, 0.15) is 5.75 Å². The van der Waals surface area contributed by atoms with Gasteiger partial charge in [0.05, 0.1) is 6.10 Å². The van der Waals surface area contributed by atoms with Gasteiger partial charge in [-0.2, -0.15) is 0 Å². The van der Waals surface area contributed by atoms with E-state index < -0.39 is 0 Å². The Labute approximate surface area is 115 Å². The quantitative estimate of drug-likeness (QED) is 0.894. The van der Waals surface area contributed by atoms with E-state index in [1.54, 1.807) is 0 Å². The zero-order valence-corrected chi connectivity index (χ0v) is 12.5. The molecule has 1 amide bonds. The van der Waals surface area contributed by atoms with Crippen LogP contribution < -0.4 is 10.1 Å². The molecular formula is C16H23NO2. The first-order valence-electron chi connectivity index (χ1n) is 6.91. The summed E-state index contributed by atoms with van der Waals surface area (Å²) in [7, 11) is 0. The van der Waals surface area contributed by atoms with Gasteiger partial charge in [-0.05, 0) is 63.8 Å². The summed E-state index contributed by atoms with van der Waals surface area (Å²) in [6, 6.07) is 3.96. The first-order valence-corrected chi connectivity index (χ1v) is 6.91. The van der Waals surface area contributed by atoms with Crippen LogP contribution in [0, 0.1) is 19.3 Å². The Bertz CT molecular complexity index is 478. The normalized spacial score (nSPS) is 16.3. The molecule has 1 aromatic rings. The molecule has 3 heteroatoms. The maximum Gasteiger partial charge on any atom is 0.230 e. The molecule has 0 atom stereocenters. The summed E-state index contributed by atoms with van der Waals surface area (Å²) < 4.78 is 5.80. The van der Waals surface area contributed by atoms with Crippen molar-refractivity contribution in [3.05, 3.63) is 23.3 Å². The van der Waals surface area contributed by atoms with Crippen molar-refractivity contribution in [1.29, 1.82) is 0 Å². The molecule has 0 saturated heterocycles. The van der Waals surface area contributed by atoms with Crippen molar-refractivity contribution < 1.29 is 9.53 Å². The molecule has 2 rings (SSSR count). The van der Waals surface area contributed by atoms with E-state index >= 15 is 0 Å². The summed E-state index contributed by atoms with van der Waals surface area (Å²) >= 11 is 0. The lowest BCUT2D eigenvalue weighted by Gasteiger charge is -2.17. The average Bonchev–Trinajstić information content (AvgIpc) is 3.03. The van der Waals surface area contributed by atoms with Gasteiger partial charge in [-0.1, -0.05) is 6.92 Å². The van der Waals surface area contributed by atoms with Gasteiger partial charge in [0.25, 0.3) is 0 Å². The number of carbonyl (C=O) groups is 1. The Morgan fingerprint density at radius 3 is 2.21 bits per heavy atom. The first-order chi connectivity index (χ1) is 8.82. The van der Waals surface area contributed by atoms with Crippen LogP contribution in [0.3, 0.4) is 0 Å². The number of nitrogens with one attached hydrogen (secondary N) is 1. The molecule has 0 spiro atoms. The standard InChI is InChI=1S/C16H23NO2/c1-10(2)19-14-11(3)8-13(9-12(14)4)17-15(18)16(5)6-7-16/h8-10H,6-7H2,1-5H3,(H,17,18). The topological polar surface area (TPSA) is 38.3 Å². The number of ether oxygens (including phenoxy) is 1. The molecular weight excluding hydrogens is 238 g/mol. The Balaban J connectivity index is 2.17. The minimum Gasteiger partial charge on any atom is -0.490 e. The Kier molecular flexibility index (Phi) is 3.57. The summed E-state index contributed by atoms with van der Waals surface area (Å²) in [5, 5.41) is 3.01. The van der Waals surface area contributed by atoms with E-state index in [4.69, 9.17) is 4.74 Å². The maximum atomic E-state index is 12.0. The lowest BCUT2D eigenvalue weighted by Crippen LogP contribution is -2.21. The zero-order chi connectivity index (χ0) is 14.2. The number of anilines is 1. The van der Waals surface area contributed by atoms with Crippen molar-refractivity contribution >= 4 is 11.6 Å². The Morgan fingerprint density at radius 1 is 1.26 bits per heavy atom. The van der Waals surface area contributed by atoms with Gasteiger partial charge >= 0.3 is 0 Å². The lowest BCUT2D eigenvalue weighted by atomic mass is 10.1. The number of rotatable bonds is 4. The van der Waals surface area contributed by atoms with Crippen LogP contribution in [0.4, 0.5) is 5.69 Å². The SMILES string of the molecule is Cc1cc(NC(=O)C2(C)CC2)cc(C)c1OC(C)C. The largest absolute Gasteiger partial charge is 0.490 e. The summed E-state index contributed by atoms with van der Waals surface area (Å²) in [5.41, 5.74) is 2.84. The minimum atomic E-state index is -0.144. The van der Waals surface area contributed by atoms with E-state index in [1.165, 1.54) is 0 Å². The van der Waals surface area contributed by atoms with E-state index in [0.29, 0.717) is 0 Å². The minimum absolute atomic E-state index is 0.129. The van der Waals surface area contributed by atoms with E-state index in [9.17, 15) is 4.79 Å². The summed E-state index contributed by atoms with van der Waals surface area (Å²) in [4.78, 5) is 12.0. The highest BCUT2D eigenvalue weighted by atomic mass is 16.5. The van der Waals surface area contributed by atoms with Crippen molar-refractivity contribution in [2.75, 3.05) is 5.32 Å². The van der Waals surface area contributed by atoms with E-state index in [1.807, 2.05) is 46.8 Å². The van der Waals surface area contributed by atoms with Crippen LogP contribution in [-0.4, -0.2) is 12.0 Å². The van der Waals surface area contributed by atoms with Gasteiger partial charge in [0.2, 0.25) is 5.91 Å². The molecule has 3 nitrogen and oxygen atoms in total. The van der Waals surface area contributed by atoms with Gasteiger partial charge in [-0.15, -0.1) is 0 Å². The lowest BCUT2D eigenvalue weighted by molar-refractivity contribution is -0.120. The van der Waals surface area contributed by atoms with Crippen LogP contribution in [0.2, 0.25) is 0 Å². The van der Waals surface area contributed by atoms with E-state index in [-0.39, 0.29) is 17.4 Å². The second-order valence-electron chi connectivity index (χ2n) is 6.12. The van der Waals surface area contributed by atoms with Crippen LogP contribution in [0.5, 0.6) is 5.75 Å². The molecule has 0 radical (unpaired) electrons. The van der Waals surface area contributed by atoms with Crippen LogP contribution >= 0.6 is 0 Å². The number of carbonyl (C=O) groups excluding carboxylic acids is 1. The number of aryl methyl sites for hydroxylation is 2. The van der Waals surface area contributed by atoms with Gasteiger partial charge in [0.15, 0.2) is 0 Å². The summed E-state index contributed by atoms with van der Waals surface area (Å²) in [5.74, 6) is 1.05. The number of hydrogen-bond acceptors (Lipinski definition) is 2. The third kappa shape index (κ3) is 3.09. The summed E-state index contributed by atoms with van der Waals surface area (Å²) in [6.45, 7) is 10.1. The molecule has 0 heterocycles. The van der Waals surface area contributed by atoms with Crippen molar-refractivity contribution in [2.24, 2.45) is 5.41 Å². The maximum absolute atomic E-state index is 12.0. The fourth-order valence-electron chi connectivity index (χ4n) is 2.14. The zero-order valence-electron chi connectivity index (χ0n) is 12.5. The second-order valence-corrected chi connectivity index (χ2v) is 6.12. The monoisotopic (exact) mass is 261 g/mol. The third-order valence-corrected chi connectivity index (χ3v) is 3.62. The molecule has 104 valence electrons. The second kappa shape index (κ2) is 4.87. The van der Waals surface area contributed by atoms with Crippen LogP contribution in [0.1, 0.15) is 44.7 Å². The fraction of sp³-hybridized carbons (Fsp3) is 0.562. The molecule has 1 N–H and O–H groups in total. The van der Waals surface area contributed by atoms with Gasteiger partial charge in [0, 0.05) is 11.1 Å². The highest BCUT2D eigenvalue weighted by molar-refractivity contribution is 5.97. The van der Waals surface area contributed by atoms with Crippen LogP contribution in [-0.2, 0) is 4.79 Å². The van der Waals surface area contributed by atoms with Crippen molar-refractivity contribution in [3.63, 3.8) is 0 Å². The van der Waals surface area contributed by atoms with E-state index in [0.717, 1.165) is 35.4 Å². The molecule has 19 heavy (non-hydrogen) atoms. The summed E-state index contributed by atoms with van der Waals surface area (Å²) in [6.07, 6.45) is 2.14. The Hall–Kier alpha value is -1.51. The molecule has 1 fully saturated rings. The highest BCUT2D eigenvalue weighted by Crippen LogP contribution is 2.45. The molecule has 1 aliphatic rings. The smallest absolute Gasteiger partial charge is 0.230 e. The van der Waals surface area contributed by atoms with Crippen molar-refractivity contribution in [1.82, 2.24) is 0 Å². The molecule has 0 aliphatic heterocycles. The first kappa shape index (κ1) is 13.9. The molecule has 0 aromatic heterocycles. The predicted octanol–water partition coefficient (Wildman–Crippen LogP) is 3.83. The van der Waals surface area contributed by atoms with Crippen LogP contribution in [0.25, 0.3) is 0 Å². The van der Waals surface area contributed by atoms with Crippen molar-refractivity contribution in [2.45, 2.75) is 53.6 Å². The number of hydrogen-bond donors (Lipinski definition) is 1. The van der Waals surface area contributed by atoms with Gasteiger partial charge in [-0.25, -0.2) is 0 Å². The Morgan fingerprint density at radius 2 is 1.79 bits per heavy atom. The van der Waals surface area contributed by atoms with Gasteiger partial charge < -0.3 is 10.1 Å². The molecule has 0 bridgehead atoms. The number of amides is 1. The average molecular weight is 261 g/mol. The fourth-order valence-corrected chi connectivity index (χ4v) is 2.14. The van der Waals surface area contributed by atoms with Crippen molar-refractivity contribution in [3.8, 4) is 5.75 Å². The molecule has 1 saturated carbocycles. The van der Waals surface area contributed by atoms with Gasteiger partial charge in [-0.3, -0.25) is 4.79 Å². The number of benzene rings is 1. The van der Waals surface area contributed by atoms with Crippen LogP contribution in [0.15, 0.2) is 12.1 Å². The molecule has 1 aliphatic carbocycles. The molecule has 1 aromatic carbocycles.